The second-order valence-electron chi connectivity index (χ2n) is 4.92. The van der Waals surface area contributed by atoms with Crippen LogP contribution < -0.4 is 0 Å². The first-order valence-corrected chi connectivity index (χ1v) is 6.95. The molecule has 1 aromatic rings. The molecule has 19 heavy (non-hydrogen) atoms. The van der Waals surface area contributed by atoms with Gasteiger partial charge in [0, 0.05) is 21.8 Å². The Kier molecular flexibility index (Phi) is 3.78. The Hall–Kier alpha value is -1.20. The van der Waals surface area contributed by atoms with Gasteiger partial charge in [0.1, 0.15) is 5.75 Å². The monoisotopic (exact) mass is 299 g/mol. The summed E-state index contributed by atoms with van der Waals surface area (Å²) in [4.78, 5) is 15.4. The maximum Gasteiger partial charge on any atom is 0.329 e. The molecule has 0 spiro atoms. The van der Waals surface area contributed by atoms with E-state index in [0.29, 0.717) is 17.0 Å². The van der Waals surface area contributed by atoms with E-state index in [-0.39, 0.29) is 5.75 Å². The Labute approximate surface area is 120 Å². The number of nitrogens with zero attached hydrogens (tertiary/aromatic N) is 1. The van der Waals surface area contributed by atoms with E-state index in [2.05, 4.69) is 4.99 Å². The van der Waals surface area contributed by atoms with Crippen molar-refractivity contribution in [3.63, 3.8) is 0 Å². The lowest BCUT2D eigenvalue weighted by atomic mass is 10.0. The van der Waals surface area contributed by atoms with Crippen molar-refractivity contribution in [3.05, 3.63) is 28.8 Å². The minimum Gasteiger partial charge on any atom is -0.508 e. The molecule has 0 fully saturated rings. The molecule has 6 heteroatoms. The smallest absolute Gasteiger partial charge is 0.329 e. The van der Waals surface area contributed by atoms with Crippen LogP contribution in [0.4, 0.5) is 0 Å². The van der Waals surface area contributed by atoms with Crippen molar-refractivity contribution in [2.75, 3.05) is 0 Å². The van der Waals surface area contributed by atoms with E-state index < -0.39 is 16.8 Å². The molecule has 1 heterocycles. The second kappa shape index (κ2) is 5.06. The number of carboxylic acid groups (broad SMARTS) is 1. The molecule has 1 atom stereocenters. The summed E-state index contributed by atoms with van der Waals surface area (Å²) in [7, 11) is 0. The molecular weight excluding hydrogens is 286 g/mol. The van der Waals surface area contributed by atoms with Gasteiger partial charge in [-0.25, -0.2) is 4.79 Å². The predicted octanol–water partition coefficient (Wildman–Crippen LogP) is 2.97. The highest BCUT2D eigenvalue weighted by Gasteiger charge is 2.42. The molecule has 0 saturated carbocycles. The molecule has 1 aliphatic rings. The second-order valence-corrected chi connectivity index (χ2v) is 7.08. The Morgan fingerprint density at radius 1 is 1.53 bits per heavy atom. The molecule has 2 N–H and O–H groups in total. The maximum atomic E-state index is 11.1. The molecule has 2 rings (SSSR count). The number of thioether (sulfide) groups is 1. The number of aliphatic carboxylic acids is 1. The van der Waals surface area contributed by atoms with Crippen LogP contribution in [-0.2, 0) is 11.2 Å². The normalized spacial score (nSPS) is 21.2. The fraction of sp³-hybridized carbons (Fsp3) is 0.385. The Morgan fingerprint density at radius 2 is 2.21 bits per heavy atom. The Bertz CT molecular complexity index is 557. The van der Waals surface area contributed by atoms with Crippen molar-refractivity contribution in [1.82, 2.24) is 0 Å². The molecule has 4 nitrogen and oxygen atoms in total. The summed E-state index contributed by atoms with van der Waals surface area (Å²) in [5.74, 6) is -0.819. The van der Waals surface area contributed by atoms with E-state index in [4.69, 9.17) is 16.7 Å². The van der Waals surface area contributed by atoms with Crippen LogP contribution in [0.1, 0.15) is 19.4 Å². The molecule has 0 aromatic heterocycles. The fourth-order valence-corrected chi connectivity index (χ4v) is 3.39. The lowest BCUT2D eigenvalue weighted by Gasteiger charge is -2.20. The molecule has 0 saturated heterocycles. The van der Waals surface area contributed by atoms with E-state index in [9.17, 15) is 9.90 Å². The van der Waals surface area contributed by atoms with Gasteiger partial charge in [-0.15, -0.1) is 11.8 Å². The molecule has 0 amide bonds. The first-order chi connectivity index (χ1) is 8.79. The van der Waals surface area contributed by atoms with Crippen molar-refractivity contribution in [3.8, 4) is 5.75 Å². The first kappa shape index (κ1) is 14.2. The lowest BCUT2D eigenvalue weighted by molar-refractivity contribution is -0.138. The van der Waals surface area contributed by atoms with Gasteiger partial charge in [0.2, 0.25) is 0 Å². The SMILES string of the molecule is CC1(C)SC(Cc2ccc(Cl)cc2O)=N[C@H]1C(=O)O. The van der Waals surface area contributed by atoms with Gasteiger partial charge in [0.15, 0.2) is 6.04 Å². The standard InChI is InChI=1S/C13H14ClNO3S/c1-13(2)11(12(17)18)15-10(19-13)5-7-3-4-8(14)6-9(7)16/h3-4,6,11,16H,5H2,1-2H3,(H,17,18)/t11-/m0/s1. The van der Waals surface area contributed by atoms with Crippen molar-refractivity contribution in [2.24, 2.45) is 4.99 Å². The molecule has 1 aromatic carbocycles. The average Bonchev–Trinajstić information content (AvgIpc) is 2.58. The average molecular weight is 300 g/mol. The molecular formula is C13H14ClNO3S. The van der Waals surface area contributed by atoms with Gasteiger partial charge in [0.25, 0.3) is 0 Å². The molecule has 102 valence electrons. The zero-order chi connectivity index (χ0) is 14.2. The highest BCUT2D eigenvalue weighted by Crippen LogP contribution is 2.39. The Balaban J connectivity index is 2.21. The van der Waals surface area contributed by atoms with E-state index in [1.54, 1.807) is 12.1 Å². The number of phenolic OH excluding ortho intramolecular Hbond substituents is 1. The quantitative estimate of drug-likeness (QED) is 0.900. The fourth-order valence-electron chi connectivity index (χ4n) is 1.97. The largest absolute Gasteiger partial charge is 0.508 e. The third-order valence-corrected chi connectivity index (χ3v) is 4.41. The summed E-state index contributed by atoms with van der Waals surface area (Å²) in [5.41, 5.74) is 0.692. The number of benzene rings is 1. The van der Waals surface area contributed by atoms with Gasteiger partial charge in [-0.2, -0.15) is 0 Å². The number of carbonyl (C=O) groups is 1. The number of aromatic hydroxyl groups is 1. The molecule has 1 aliphatic heterocycles. The third kappa shape index (κ3) is 3.04. The molecule has 0 unspecified atom stereocenters. The first-order valence-electron chi connectivity index (χ1n) is 5.75. The van der Waals surface area contributed by atoms with E-state index >= 15 is 0 Å². The zero-order valence-electron chi connectivity index (χ0n) is 10.6. The minimum absolute atomic E-state index is 0.104. The maximum absolute atomic E-state index is 11.1. The minimum atomic E-state index is -0.923. The summed E-state index contributed by atoms with van der Waals surface area (Å²) in [6.45, 7) is 3.71. The summed E-state index contributed by atoms with van der Waals surface area (Å²) >= 11 is 7.21. The van der Waals surface area contributed by atoms with Gasteiger partial charge in [0.05, 0.1) is 5.04 Å². The van der Waals surface area contributed by atoms with Crippen LogP contribution in [0.2, 0.25) is 5.02 Å². The number of halogens is 1. The summed E-state index contributed by atoms with van der Waals surface area (Å²) in [5, 5.41) is 20.1. The van der Waals surface area contributed by atoms with Gasteiger partial charge < -0.3 is 10.2 Å². The van der Waals surface area contributed by atoms with Crippen LogP contribution in [-0.4, -0.2) is 32.0 Å². The molecule has 0 aliphatic carbocycles. The van der Waals surface area contributed by atoms with Crippen molar-refractivity contribution < 1.29 is 15.0 Å². The lowest BCUT2D eigenvalue weighted by Crippen LogP contribution is -2.34. The van der Waals surface area contributed by atoms with Gasteiger partial charge in [-0.05, 0) is 26.0 Å². The van der Waals surface area contributed by atoms with E-state index in [0.717, 1.165) is 5.04 Å². The van der Waals surface area contributed by atoms with Crippen molar-refractivity contribution in [2.45, 2.75) is 31.1 Å². The molecule has 0 radical (unpaired) electrons. The van der Waals surface area contributed by atoms with Crippen LogP contribution in [0.15, 0.2) is 23.2 Å². The van der Waals surface area contributed by atoms with Crippen LogP contribution in [0, 0.1) is 0 Å². The summed E-state index contributed by atoms with van der Waals surface area (Å²) < 4.78 is -0.469. The highest BCUT2D eigenvalue weighted by molar-refractivity contribution is 8.15. The zero-order valence-corrected chi connectivity index (χ0v) is 12.1. The number of hydrogen-bond acceptors (Lipinski definition) is 4. The van der Waals surface area contributed by atoms with E-state index in [1.165, 1.54) is 17.8 Å². The topological polar surface area (TPSA) is 69.9 Å². The number of phenols is 1. The van der Waals surface area contributed by atoms with Crippen LogP contribution in [0.3, 0.4) is 0 Å². The van der Waals surface area contributed by atoms with Crippen LogP contribution in [0.25, 0.3) is 0 Å². The highest BCUT2D eigenvalue weighted by atomic mass is 35.5. The van der Waals surface area contributed by atoms with Crippen molar-refractivity contribution >= 4 is 34.4 Å². The van der Waals surface area contributed by atoms with Gasteiger partial charge in [-0.3, -0.25) is 4.99 Å². The van der Waals surface area contributed by atoms with E-state index in [1.807, 2.05) is 13.8 Å². The third-order valence-electron chi connectivity index (χ3n) is 2.94. The van der Waals surface area contributed by atoms with Gasteiger partial charge in [-0.1, -0.05) is 17.7 Å². The number of hydrogen-bond donors (Lipinski definition) is 2. The van der Waals surface area contributed by atoms with Crippen molar-refractivity contribution in [1.29, 1.82) is 0 Å². The van der Waals surface area contributed by atoms with Crippen LogP contribution in [0.5, 0.6) is 5.75 Å². The van der Waals surface area contributed by atoms with Crippen LogP contribution >= 0.6 is 23.4 Å². The predicted molar refractivity (Wildman–Crippen MR) is 77.3 cm³/mol. The molecule has 0 bridgehead atoms. The number of carboxylic acids is 1. The number of aliphatic imine (C=N–C) groups is 1. The summed E-state index contributed by atoms with van der Waals surface area (Å²) in [6, 6.07) is 4.14. The van der Waals surface area contributed by atoms with Gasteiger partial charge >= 0.3 is 5.97 Å². The Morgan fingerprint density at radius 3 is 2.74 bits per heavy atom. The summed E-state index contributed by atoms with van der Waals surface area (Å²) in [6.07, 6.45) is 0.418. The number of rotatable bonds is 3.